The molecule has 0 atom stereocenters. The maximum atomic E-state index is 9.71. The van der Waals surface area contributed by atoms with Crippen LogP contribution in [0.5, 0.6) is 0 Å². The molecule has 0 saturated carbocycles. The molecule has 6 N–H and O–H groups in total. The van der Waals surface area contributed by atoms with Crippen LogP contribution < -0.4 is 27.4 Å². The molecule has 2 rings (SSSR count). The Morgan fingerprint density at radius 3 is 2.42 bits per heavy atom. The summed E-state index contributed by atoms with van der Waals surface area (Å²) in [5, 5.41) is 0.684. The lowest BCUT2D eigenvalue weighted by molar-refractivity contribution is 0.122. The summed E-state index contributed by atoms with van der Waals surface area (Å²) < 4.78 is 5.26. The Morgan fingerprint density at radius 2 is 1.95 bits per heavy atom. The number of nitrogens with zero attached hydrogens (tertiary/aromatic N) is 2. The molecule has 0 radical (unpaired) electrons. The fourth-order valence-corrected chi connectivity index (χ4v) is 1.60. The van der Waals surface area contributed by atoms with Crippen molar-refractivity contribution in [1.29, 1.82) is 0 Å². The van der Waals surface area contributed by atoms with Crippen LogP contribution in [0.3, 0.4) is 0 Å². The molecule has 1 fully saturated rings. The Balaban J connectivity index is 0.000000258. The van der Waals surface area contributed by atoms with E-state index in [1.54, 1.807) is 17.0 Å². The van der Waals surface area contributed by atoms with Crippen molar-refractivity contribution >= 4 is 23.3 Å². The molecular weight excluding hydrogens is 272 g/mol. The number of carbonyl (C=O) groups is 1. The third-order valence-electron chi connectivity index (χ3n) is 2.33. The fraction of sp³-hybridized carbons (Fsp3) is 0.400. The molecule has 0 aliphatic carbocycles. The first kappa shape index (κ1) is 15.4. The van der Waals surface area contributed by atoms with Crippen molar-refractivity contribution in [3.63, 3.8) is 0 Å². The highest BCUT2D eigenvalue weighted by Crippen LogP contribution is 2.18. The summed E-state index contributed by atoms with van der Waals surface area (Å²) >= 11 is 5.84. The summed E-state index contributed by atoms with van der Waals surface area (Å²) in [7, 11) is 0. The van der Waals surface area contributed by atoms with E-state index in [0.29, 0.717) is 5.02 Å². The van der Waals surface area contributed by atoms with Crippen molar-refractivity contribution in [3.05, 3.63) is 23.5 Å². The summed E-state index contributed by atoms with van der Waals surface area (Å²) in [6, 6.07) is 1.33. The van der Waals surface area contributed by atoms with Gasteiger partial charge in [0.15, 0.2) is 0 Å². The SMILES string of the molecule is Clc1cncc(N2CCOCC2)c1.NNC(=O)NN. The van der Waals surface area contributed by atoms with Gasteiger partial charge in [0, 0.05) is 19.3 Å². The number of amides is 2. The van der Waals surface area contributed by atoms with Gasteiger partial charge in [-0.2, -0.15) is 0 Å². The molecule has 9 heteroatoms. The highest BCUT2D eigenvalue weighted by atomic mass is 35.5. The fourth-order valence-electron chi connectivity index (χ4n) is 1.44. The van der Waals surface area contributed by atoms with Crippen LogP contribution in [0.1, 0.15) is 0 Å². The Labute approximate surface area is 116 Å². The molecule has 1 saturated heterocycles. The number of hydrogen-bond acceptors (Lipinski definition) is 6. The van der Waals surface area contributed by atoms with E-state index in [2.05, 4.69) is 21.6 Å². The molecule has 0 unspecified atom stereocenters. The van der Waals surface area contributed by atoms with Gasteiger partial charge < -0.3 is 9.64 Å². The maximum Gasteiger partial charge on any atom is 0.343 e. The lowest BCUT2D eigenvalue weighted by atomic mass is 10.3. The second-order valence-electron chi connectivity index (χ2n) is 3.58. The minimum absolute atomic E-state index is 0.602. The highest BCUT2D eigenvalue weighted by Gasteiger charge is 2.11. The Hall–Kier alpha value is -1.61. The average Bonchev–Trinajstić information content (AvgIpc) is 2.48. The monoisotopic (exact) mass is 288 g/mol. The van der Waals surface area contributed by atoms with Crippen LogP contribution in [0, 0.1) is 0 Å². The number of hydrogen-bond donors (Lipinski definition) is 4. The minimum Gasteiger partial charge on any atom is -0.378 e. The van der Waals surface area contributed by atoms with E-state index in [0.717, 1.165) is 32.0 Å². The summed E-state index contributed by atoms with van der Waals surface area (Å²) in [5.74, 6) is 9.08. The number of halogens is 1. The lowest BCUT2D eigenvalue weighted by Gasteiger charge is -2.28. The topological polar surface area (TPSA) is 119 Å². The molecule has 2 heterocycles. The molecule has 0 bridgehead atoms. The number of morpholine rings is 1. The smallest absolute Gasteiger partial charge is 0.343 e. The highest BCUT2D eigenvalue weighted by molar-refractivity contribution is 6.30. The summed E-state index contributed by atoms with van der Waals surface area (Å²) in [6.07, 6.45) is 3.47. The Kier molecular flexibility index (Phi) is 6.90. The molecule has 8 nitrogen and oxygen atoms in total. The third-order valence-corrected chi connectivity index (χ3v) is 2.54. The van der Waals surface area contributed by atoms with Gasteiger partial charge in [0.1, 0.15) is 0 Å². The number of ether oxygens (including phenoxy) is 1. The zero-order valence-electron chi connectivity index (χ0n) is 10.3. The van der Waals surface area contributed by atoms with Crippen LogP contribution in [-0.4, -0.2) is 37.3 Å². The zero-order chi connectivity index (χ0) is 14.1. The summed E-state index contributed by atoms with van der Waals surface area (Å²) in [5.41, 5.74) is 4.56. The number of urea groups is 1. The van der Waals surface area contributed by atoms with Crippen molar-refractivity contribution in [2.24, 2.45) is 11.7 Å². The Morgan fingerprint density at radius 1 is 1.32 bits per heavy atom. The molecule has 2 amide bonds. The second-order valence-corrected chi connectivity index (χ2v) is 4.02. The first-order valence-electron chi connectivity index (χ1n) is 5.57. The van der Waals surface area contributed by atoms with E-state index in [1.807, 2.05) is 12.3 Å². The maximum absolute atomic E-state index is 9.71. The zero-order valence-corrected chi connectivity index (χ0v) is 11.1. The second kappa shape index (κ2) is 8.48. The summed E-state index contributed by atoms with van der Waals surface area (Å²) in [4.78, 5) is 16.0. The van der Waals surface area contributed by atoms with Gasteiger partial charge in [-0.15, -0.1) is 0 Å². The number of carbonyl (C=O) groups excluding carboxylic acids is 1. The van der Waals surface area contributed by atoms with Crippen LogP contribution in [0.4, 0.5) is 10.5 Å². The van der Waals surface area contributed by atoms with Gasteiger partial charge in [-0.25, -0.2) is 16.5 Å². The van der Waals surface area contributed by atoms with Gasteiger partial charge in [-0.3, -0.25) is 15.8 Å². The van der Waals surface area contributed by atoms with E-state index in [1.165, 1.54) is 0 Å². The molecule has 106 valence electrons. The van der Waals surface area contributed by atoms with E-state index in [4.69, 9.17) is 16.3 Å². The van der Waals surface area contributed by atoms with Crippen LogP contribution in [0.2, 0.25) is 5.02 Å². The molecule has 1 aliphatic heterocycles. The van der Waals surface area contributed by atoms with Gasteiger partial charge in [-0.1, -0.05) is 11.6 Å². The number of anilines is 1. The number of aromatic nitrogens is 1. The van der Waals surface area contributed by atoms with E-state index >= 15 is 0 Å². The van der Waals surface area contributed by atoms with Gasteiger partial charge in [0.05, 0.1) is 30.1 Å². The van der Waals surface area contributed by atoms with Crippen molar-refractivity contribution in [1.82, 2.24) is 15.8 Å². The molecule has 1 aromatic heterocycles. The van der Waals surface area contributed by atoms with E-state index in [-0.39, 0.29) is 0 Å². The van der Waals surface area contributed by atoms with Crippen molar-refractivity contribution in [2.45, 2.75) is 0 Å². The molecule has 0 aromatic carbocycles. The third kappa shape index (κ3) is 5.71. The van der Waals surface area contributed by atoms with Gasteiger partial charge in [0.25, 0.3) is 0 Å². The standard InChI is InChI=1S/C9H11ClN2O.CH6N4O/c10-8-5-9(7-11-6-8)12-1-3-13-4-2-12;2-4-1(6)5-3/h5-7H,1-4H2;2-3H2,(H2,4,5,6). The first-order valence-corrected chi connectivity index (χ1v) is 5.95. The van der Waals surface area contributed by atoms with Gasteiger partial charge in [-0.05, 0) is 6.07 Å². The van der Waals surface area contributed by atoms with Crippen molar-refractivity contribution in [2.75, 3.05) is 31.2 Å². The quantitative estimate of drug-likeness (QED) is 0.317. The van der Waals surface area contributed by atoms with Crippen LogP contribution >= 0.6 is 11.6 Å². The van der Waals surface area contributed by atoms with E-state index in [9.17, 15) is 4.79 Å². The molecular formula is C10H17ClN6O2. The molecule has 19 heavy (non-hydrogen) atoms. The van der Waals surface area contributed by atoms with E-state index < -0.39 is 6.03 Å². The predicted molar refractivity (Wildman–Crippen MR) is 72.3 cm³/mol. The molecule has 1 aliphatic rings. The van der Waals surface area contributed by atoms with Crippen LogP contribution in [0.25, 0.3) is 0 Å². The Bertz CT molecular complexity index is 393. The normalized spacial score (nSPS) is 14.2. The summed E-state index contributed by atoms with van der Waals surface area (Å²) in [6.45, 7) is 3.41. The first-order chi connectivity index (χ1) is 9.17. The largest absolute Gasteiger partial charge is 0.378 e. The predicted octanol–water partition coefficient (Wildman–Crippen LogP) is -0.395. The number of hydrazine groups is 2. The lowest BCUT2D eigenvalue weighted by Crippen LogP contribution is -2.43. The van der Waals surface area contributed by atoms with Gasteiger partial charge in [0.2, 0.25) is 0 Å². The molecule has 1 aromatic rings. The number of nitrogens with one attached hydrogen (secondary N) is 2. The average molecular weight is 289 g/mol. The molecule has 0 spiro atoms. The van der Waals surface area contributed by atoms with Crippen LogP contribution in [0.15, 0.2) is 18.5 Å². The number of rotatable bonds is 1. The number of pyridine rings is 1. The van der Waals surface area contributed by atoms with Crippen molar-refractivity contribution < 1.29 is 9.53 Å². The number of nitrogens with two attached hydrogens (primary N) is 2. The van der Waals surface area contributed by atoms with Crippen molar-refractivity contribution in [3.8, 4) is 0 Å². The van der Waals surface area contributed by atoms with Gasteiger partial charge >= 0.3 is 6.03 Å². The minimum atomic E-state index is -0.602. The van der Waals surface area contributed by atoms with Crippen LogP contribution in [-0.2, 0) is 4.74 Å².